The van der Waals surface area contributed by atoms with Crippen molar-refractivity contribution in [2.75, 3.05) is 26.8 Å². The molecule has 0 aliphatic rings. The summed E-state index contributed by atoms with van der Waals surface area (Å²) < 4.78 is 5.84. The van der Waals surface area contributed by atoms with Crippen molar-refractivity contribution in [3.8, 4) is 0 Å². The highest BCUT2D eigenvalue weighted by atomic mass is 16.5. The Kier molecular flexibility index (Phi) is 10.4. The topological polar surface area (TPSA) is 12.5 Å². The first-order valence-electron chi connectivity index (χ1n) is 10.8. The number of ether oxygens (including phenoxy) is 1. The van der Waals surface area contributed by atoms with Gasteiger partial charge in [0.05, 0.1) is 6.61 Å². The van der Waals surface area contributed by atoms with E-state index in [1.54, 1.807) is 0 Å². The van der Waals surface area contributed by atoms with Crippen molar-refractivity contribution < 1.29 is 4.74 Å². The molecule has 0 radical (unpaired) electrons. The van der Waals surface area contributed by atoms with Gasteiger partial charge in [-0.25, -0.2) is 0 Å². The van der Waals surface area contributed by atoms with Gasteiger partial charge in [-0.05, 0) is 82.2 Å². The summed E-state index contributed by atoms with van der Waals surface area (Å²) in [5, 5.41) is 0. The Hall–Kier alpha value is -0.0800. The van der Waals surface area contributed by atoms with Gasteiger partial charge in [-0.15, -0.1) is 0 Å². The zero-order valence-corrected chi connectivity index (χ0v) is 20.2. The van der Waals surface area contributed by atoms with Crippen LogP contribution in [0, 0.1) is 16.2 Å². The molecule has 0 heterocycles. The molecule has 0 bridgehead atoms. The fourth-order valence-corrected chi connectivity index (χ4v) is 3.14. The van der Waals surface area contributed by atoms with Crippen molar-refractivity contribution in [2.45, 2.75) is 113 Å². The Bertz CT molecular complexity index is 371. The first-order valence-corrected chi connectivity index (χ1v) is 10.8. The lowest BCUT2D eigenvalue weighted by Crippen LogP contribution is -2.42. The molecular formula is C24H51NO. The molecule has 0 amide bonds. The van der Waals surface area contributed by atoms with Crippen molar-refractivity contribution in [2.24, 2.45) is 16.2 Å². The SMILES string of the molecule is CN(CCCC(C)(C)C)C(C)(C)CCC(C)(C)CCCOCC(C)(C)C. The average Bonchev–Trinajstić information content (AvgIpc) is 2.42. The van der Waals surface area contributed by atoms with Crippen molar-refractivity contribution in [1.29, 1.82) is 0 Å². The van der Waals surface area contributed by atoms with Gasteiger partial charge in [-0.3, -0.25) is 0 Å². The van der Waals surface area contributed by atoms with Gasteiger partial charge in [0.25, 0.3) is 0 Å². The van der Waals surface area contributed by atoms with Gasteiger partial charge in [-0.2, -0.15) is 0 Å². The van der Waals surface area contributed by atoms with E-state index < -0.39 is 0 Å². The Balaban J connectivity index is 4.16. The molecule has 0 unspecified atom stereocenters. The van der Waals surface area contributed by atoms with E-state index in [1.807, 2.05) is 0 Å². The van der Waals surface area contributed by atoms with Crippen LogP contribution in [0.4, 0.5) is 0 Å². The first kappa shape index (κ1) is 25.9. The molecule has 0 aromatic heterocycles. The number of hydrogen-bond acceptors (Lipinski definition) is 2. The van der Waals surface area contributed by atoms with Crippen molar-refractivity contribution >= 4 is 0 Å². The normalized spacial score (nSPS) is 14.3. The third kappa shape index (κ3) is 14.0. The lowest BCUT2D eigenvalue weighted by molar-refractivity contribution is 0.0613. The van der Waals surface area contributed by atoms with E-state index in [-0.39, 0.29) is 11.0 Å². The highest BCUT2D eigenvalue weighted by Crippen LogP contribution is 2.33. The Labute approximate surface area is 166 Å². The summed E-state index contributed by atoms with van der Waals surface area (Å²) in [5.41, 5.74) is 1.39. The van der Waals surface area contributed by atoms with Crippen LogP contribution in [0.5, 0.6) is 0 Å². The number of hydrogen-bond donors (Lipinski definition) is 0. The fraction of sp³-hybridized carbons (Fsp3) is 1.00. The third-order valence-electron chi connectivity index (χ3n) is 5.54. The monoisotopic (exact) mass is 369 g/mol. The van der Waals surface area contributed by atoms with E-state index >= 15 is 0 Å². The van der Waals surface area contributed by atoms with Gasteiger partial charge >= 0.3 is 0 Å². The van der Waals surface area contributed by atoms with Crippen LogP contribution < -0.4 is 0 Å². The summed E-state index contributed by atoms with van der Waals surface area (Å²) in [6, 6.07) is 0. The lowest BCUT2D eigenvalue weighted by Gasteiger charge is -2.39. The highest BCUT2D eigenvalue weighted by molar-refractivity contribution is 4.83. The molecule has 0 aliphatic carbocycles. The Morgan fingerprint density at radius 2 is 1.23 bits per heavy atom. The number of nitrogens with zero attached hydrogens (tertiary/aromatic N) is 1. The molecule has 0 rings (SSSR count). The highest BCUT2D eigenvalue weighted by Gasteiger charge is 2.27. The molecule has 0 saturated heterocycles. The second-order valence-corrected chi connectivity index (χ2v) is 12.3. The predicted molar refractivity (Wildman–Crippen MR) is 118 cm³/mol. The summed E-state index contributed by atoms with van der Waals surface area (Å²) >= 11 is 0. The molecule has 0 spiro atoms. The maximum Gasteiger partial charge on any atom is 0.0514 e. The minimum atomic E-state index is 0.275. The minimum Gasteiger partial charge on any atom is -0.381 e. The molecule has 0 fully saturated rings. The van der Waals surface area contributed by atoms with Crippen molar-refractivity contribution in [1.82, 2.24) is 4.90 Å². The smallest absolute Gasteiger partial charge is 0.0514 e. The Morgan fingerprint density at radius 3 is 1.73 bits per heavy atom. The van der Waals surface area contributed by atoms with Crippen LogP contribution in [0.3, 0.4) is 0 Å². The lowest BCUT2D eigenvalue weighted by atomic mass is 9.79. The maximum atomic E-state index is 5.84. The summed E-state index contributed by atoms with van der Waals surface area (Å²) in [7, 11) is 2.30. The van der Waals surface area contributed by atoms with Crippen LogP contribution in [0.25, 0.3) is 0 Å². The predicted octanol–water partition coefficient (Wildman–Crippen LogP) is 7.17. The standard InChI is InChI=1S/C24H51NO/c1-21(2,3)14-12-18-25(11)24(9,10)17-16-23(7,8)15-13-19-26-20-22(4,5)6/h12-20H2,1-11H3. The molecule has 158 valence electrons. The van der Waals surface area contributed by atoms with Crippen LogP contribution in [-0.4, -0.2) is 37.2 Å². The second-order valence-electron chi connectivity index (χ2n) is 12.3. The van der Waals surface area contributed by atoms with Gasteiger partial charge in [0.1, 0.15) is 0 Å². The van der Waals surface area contributed by atoms with E-state index in [4.69, 9.17) is 4.74 Å². The largest absolute Gasteiger partial charge is 0.381 e. The third-order valence-corrected chi connectivity index (χ3v) is 5.54. The fourth-order valence-electron chi connectivity index (χ4n) is 3.14. The van der Waals surface area contributed by atoms with E-state index in [0.29, 0.717) is 10.8 Å². The summed E-state index contributed by atoms with van der Waals surface area (Å²) in [4.78, 5) is 2.57. The van der Waals surface area contributed by atoms with E-state index in [2.05, 4.69) is 81.2 Å². The summed E-state index contributed by atoms with van der Waals surface area (Å²) in [5.74, 6) is 0. The minimum absolute atomic E-state index is 0.275. The van der Waals surface area contributed by atoms with Gasteiger partial charge in [0.15, 0.2) is 0 Å². The van der Waals surface area contributed by atoms with Gasteiger partial charge in [0.2, 0.25) is 0 Å². The summed E-state index contributed by atoms with van der Waals surface area (Å²) in [6.45, 7) is 26.3. The molecule has 0 aromatic carbocycles. The molecule has 0 atom stereocenters. The van der Waals surface area contributed by atoms with Crippen LogP contribution >= 0.6 is 0 Å². The molecule has 0 aromatic rings. The molecule has 2 nitrogen and oxygen atoms in total. The average molecular weight is 370 g/mol. The van der Waals surface area contributed by atoms with E-state index in [9.17, 15) is 0 Å². The molecule has 0 saturated carbocycles. The zero-order chi connectivity index (χ0) is 20.6. The van der Waals surface area contributed by atoms with Crippen LogP contribution in [0.15, 0.2) is 0 Å². The molecule has 26 heavy (non-hydrogen) atoms. The van der Waals surface area contributed by atoms with Crippen molar-refractivity contribution in [3.05, 3.63) is 0 Å². The van der Waals surface area contributed by atoms with Gasteiger partial charge in [0, 0.05) is 12.1 Å². The van der Waals surface area contributed by atoms with E-state index in [0.717, 1.165) is 13.2 Å². The quantitative estimate of drug-likeness (QED) is 0.338. The maximum absolute atomic E-state index is 5.84. The molecule has 0 N–H and O–H groups in total. The van der Waals surface area contributed by atoms with Crippen LogP contribution in [-0.2, 0) is 4.74 Å². The van der Waals surface area contributed by atoms with Crippen LogP contribution in [0.1, 0.15) is 108 Å². The Morgan fingerprint density at radius 1 is 0.654 bits per heavy atom. The second kappa shape index (κ2) is 10.5. The van der Waals surface area contributed by atoms with Gasteiger partial charge < -0.3 is 9.64 Å². The summed E-state index contributed by atoms with van der Waals surface area (Å²) in [6.07, 6.45) is 7.55. The van der Waals surface area contributed by atoms with E-state index in [1.165, 1.54) is 45.1 Å². The van der Waals surface area contributed by atoms with Crippen LogP contribution in [0.2, 0.25) is 0 Å². The number of rotatable bonds is 12. The zero-order valence-electron chi connectivity index (χ0n) is 20.2. The van der Waals surface area contributed by atoms with Crippen molar-refractivity contribution in [3.63, 3.8) is 0 Å². The molecule has 2 heteroatoms. The first-order chi connectivity index (χ1) is 11.5. The molecule has 0 aliphatic heterocycles. The molecular weight excluding hydrogens is 318 g/mol. The van der Waals surface area contributed by atoms with Gasteiger partial charge in [-0.1, -0.05) is 55.4 Å².